The van der Waals surface area contributed by atoms with Crippen molar-refractivity contribution in [1.82, 2.24) is 4.98 Å². The number of fused-ring (bicyclic) bond motifs is 1. The first-order chi connectivity index (χ1) is 13.3. The minimum atomic E-state index is -3.82. The molecule has 0 fully saturated rings. The Morgan fingerprint density at radius 2 is 1.93 bits per heavy atom. The number of aryl methyl sites for hydroxylation is 1. The van der Waals surface area contributed by atoms with E-state index in [1.54, 1.807) is 44.2 Å². The molecule has 2 aromatic heterocycles. The van der Waals surface area contributed by atoms with Crippen LogP contribution in [0, 0.1) is 6.92 Å². The van der Waals surface area contributed by atoms with Gasteiger partial charge in [-0.3, -0.25) is 4.31 Å². The summed E-state index contributed by atoms with van der Waals surface area (Å²) in [6, 6.07) is 10.3. The predicted molar refractivity (Wildman–Crippen MR) is 112 cm³/mol. The van der Waals surface area contributed by atoms with Crippen LogP contribution in [0.5, 0.6) is 0 Å². The lowest BCUT2D eigenvalue weighted by molar-refractivity contribution is 0.0531. The molecule has 3 rings (SSSR count). The second kappa shape index (κ2) is 7.89. The third-order valence-electron chi connectivity index (χ3n) is 4.27. The van der Waals surface area contributed by atoms with Gasteiger partial charge in [0, 0.05) is 17.6 Å². The largest absolute Gasteiger partial charge is 0.462 e. The van der Waals surface area contributed by atoms with Gasteiger partial charge < -0.3 is 4.74 Å². The first-order valence-corrected chi connectivity index (χ1v) is 11.2. The van der Waals surface area contributed by atoms with Crippen molar-refractivity contribution in [2.45, 2.75) is 38.6 Å². The third-order valence-corrected chi connectivity index (χ3v) is 7.43. The average Bonchev–Trinajstić information content (AvgIpc) is 2.99. The van der Waals surface area contributed by atoms with Gasteiger partial charge in [-0.25, -0.2) is 18.2 Å². The highest BCUT2D eigenvalue weighted by atomic mass is 32.2. The number of esters is 1. The third kappa shape index (κ3) is 3.62. The molecule has 0 aliphatic rings. The number of thiophene rings is 1. The Kier molecular flexibility index (Phi) is 5.71. The lowest BCUT2D eigenvalue weighted by Crippen LogP contribution is -2.37. The van der Waals surface area contributed by atoms with Crippen molar-refractivity contribution in [3.05, 3.63) is 53.0 Å². The number of anilines is 1. The Bertz CT molecular complexity index is 1110. The maximum Gasteiger partial charge on any atom is 0.348 e. The Balaban J connectivity index is 2.11. The van der Waals surface area contributed by atoms with Crippen molar-refractivity contribution in [2.24, 2.45) is 0 Å². The molecule has 0 aliphatic heterocycles. The standard InChI is InChI=1S/C20H22N2O4S2/c1-5-26-20(23)18-14(4)17-11-16(12-21-19(17)27-18)28(24,25)22(13(2)3)15-9-7-6-8-10-15/h6-13H,5H2,1-4H3. The maximum absolute atomic E-state index is 13.4. The van der Waals surface area contributed by atoms with Gasteiger partial charge in [-0.2, -0.15) is 0 Å². The topological polar surface area (TPSA) is 76.6 Å². The smallest absolute Gasteiger partial charge is 0.348 e. The van der Waals surface area contributed by atoms with Gasteiger partial charge in [0.1, 0.15) is 14.6 Å². The Morgan fingerprint density at radius 1 is 1.25 bits per heavy atom. The molecule has 6 nitrogen and oxygen atoms in total. The molecule has 0 aliphatic carbocycles. The van der Waals surface area contributed by atoms with E-state index in [-0.39, 0.29) is 17.5 Å². The van der Waals surface area contributed by atoms with Crippen molar-refractivity contribution in [2.75, 3.05) is 10.9 Å². The van der Waals surface area contributed by atoms with E-state index in [1.807, 2.05) is 19.9 Å². The van der Waals surface area contributed by atoms with Crippen LogP contribution in [0.15, 0.2) is 47.5 Å². The molecule has 0 saturated carbocycles. The molecule has 0 atom stereocenters. The number of aromatic nitrogens is 1. The summed E-state index contributed by atoms with van der Waals surface area (Å²) in [5, 5.41) is 0.644. The number of hydrogen-bond donors (Lipinski definition) is 0. The SMILES string of the molecule is CCOC(=O)c1sc2ncc(S(=O)(=O)N(c3ccccc3)C(C)C)cc2c1C. The molecule has 8 heteroatoms. The van der Waals surface area contributed by atoms with Gasteiger partial charge in [0.2, 0.25) is 0 Å². The van der Waals surface area contributed by atoms with Gasteiger partial charge in [0.25, 0.3) is 10.0 Å². The fraction of sp³-hybridized carbons (Fsp3) is 0.300. The predicted octanol–water partition coefficient (Wildman–Crippen LogP) is 4.39. The zero-order chi connectivity index (χ0) is 20.5. The summed E-state index contributed by atoms with van der Waals surface area (Å²) in [5.41, 5.74) is 1.27. The summed E-state index contributed by atoms with van der Waals surface area (Å²) in [6.07, 6.45) is 1.35. The van der Waals surface area contributed by atoms with Gasteiger partial charge >= 0.3 is 5.97 Å². The quantitative estimate of drug-likeness (QED) is 0.555. The van der Waals surface area contributed by atoms with Crippen molar-refractivity contribution < 1.29 is 17.9 Å². The van der Waals surface area contributed by atoms with E-state index in [4.69, 9.17) is 4.74 Å². The minimum absolute atomic E-state index is 0.0915. The molecule has 2 heterocycles. The van der Waals surface area contributed by atoms with Crippen molar-refractivity contribution in [3.8, 4) is 0 Å². The zero-order valence-electron chi connectivity index (χ0n) is 16.2. The number of carbonyl (C=O) groups is 1. The molecular weight excluding hydrogens is 396 g/mol. The van der Waals surface area contributed by atoms with Gasteiger partial charge in [-0.05, 0) is 51.5 Å². The fourth-order valence-electron chi connectivity index (χ4n) is 3.01. The summed E-state index contributed by atoms with van der Waals surface area (Å²) in [4.78, 5) is 17.6. The minimum Gasteiger partial charge on any atom is -0.462 e. The Labute approximate surface area is 168 Å². The summed E-state index contributed by atoms with van der Waals surface area (Å²) in [5.74, 6) is -0.416. The fourth-order valence-corrected chi connectivity index (χ4v) is 5.67. The summed E-state index contributed by atoms with van der Waals surface area (Å²) >= 11 is 1.21. The second-order valence-electron chi connectivity index (χ2n) is 6.53. The number of pyridine rings is 1. The van der Waals surface area contributed by atoms with Crippen molar-refractivity contribution >= 4 is 43.2 Å². The molecule has 0 bridgehead atoms. The summed E-state index contributed by atoms with van der Waals surface area (Å²) in [7, 11) is -3.82. The van der Waals surface area contributed by atoms with Gasteiger partial charge in [0.15, 0.2) is 0 Å². The van der Waals surface area contributed by atoms with E-state index >= 15 is 0 Å². The normalized spacial score (nSPS) is 11.8. The van der Waals surface area contributed by atoms with Crippen LogP contribution in [0.2, 0.25) is 0 Å². The van der Waals surface area contributed by atoms with Crippen LogP contribution in [0.1, 0.15) is 36.0 Å². The second-order valence-corrected chi connectivity index (χ2v) is 9.34. The van der Waals surface area contributed by atoms with Gasteiger partial charge in [0.05, 0.1) is 12.3 Å². The van der Waals surface area contributed by atoms with Crippen LogP contribution in [0.4, 0.5) is 5.69 Å². The van der Waals surface area contributed by atoms with E-state index in [2.05, 4.69) is 4.98 Å². The average molecular weight is 419 g/mol. The molecule has 0 radical (unpaired) electrons. The van der Waals surface area contributed by atoms with Gasteiger partial charge in [-0.15, -0.1) is 11.3 Å². The number of sulfonamides is 1. The molecule has 0 unspecified atom stereocenters. The number of carbonyl (C=O) groups excluding carboxylic acids is 1. The highest BCUT2D eigenvalue weighted by Gasteiger charge is 2.29. The molecule has 148 valence electrons. The molecule has 0 saturated heterocycles. The molecule has 28 heavy (non-hydrogen) atoms. The van der Waals surface area contributed by atoms with Crippen molar-refractivity contribution in [1.29, 1.82) is 0 Å². The Morgan fingerprint density at radius 3 is 2.54 bits per heavy atom. The maximum atomic E-state index is 13.4. The molecule has 0 amide bonds. The lowest BCUT2D eigenvalue weighted by atomic mass is 10.2. The zero-order valence-corrected chi connectivity index (χ0v) is 17.8. The van der Waals surface area contributed by atoms with Crippen molar-refractivity contribution in [3.63, 3.8) is 0 Å². The van der Waals surface area contributed by atoms with Crippen LogP contribution >= 0.6 is 11.3 Å². The molecule has 0 N–H and O–H groups in total. The molecule has 0 spiro atoms. The van der Waals surface area contributed by atoms with Crippen LogP contribution in [-0.4, -0.2) is 32.0 Å². The Hall–Kier alpha value is -2.45. The van der Waals surface area contributed by atoms with Gasteiger partial charge in [-0.1, -0.05) is 18.2 Å². The van der Waals surface area contributed by atoms with E-state index in [0.717, 1.165) is 0 Å². The number of para-hydroxylation sites is 1. The van der Waals surface area contributed by atoms with E-state index in [0.29, 0.717) is 26.3 Å². The highest BCUT2D eigenvalue weighted by Crippen LogP contribution is 2.33. The van der Waals surface area contributed by atoms with Crippen LogP contribution in [0.25, 0.3) is 10.2 Å². The first-order valence-electron chi connectivity index (χ1n) is 8.93. The van der Waals surface area contributed by atoms with E-state index < -0.39 is 16.0 Å². The number of nitrogens with zero attached hydrogens (tertiary/aromatic N) is 2. The molecular formula is C20H22N2O4S2. The molecule has 1 aromatic carbocycles. The first kappa shape index (κ1) is 20.3. The number of rotatable bonds is 6. The van der Waals surface area contributed by atoms with E-state index in [9.17, 15) is 13.2 Å². The van der Waals surface area contributed by atoms with E-state index in [1.165, 1.54) is 21.8 Å². The number of benzene rings is 1. The lowest BCUT2D eigenvalue weighted by Gasteiger charge is -2.28. The van der Waals surface area contributed by atoms with Crippen LogP contribution in [-0.2, 0) is 14.8 Å². The summed E-state index contributed by atoms with van der Waals surface area (Å²) < 4.78 is 33.2. The summed E-state index contributed by atoms with van der Waals surface area (Å²) in [6.45, 7) is 7.45. The monoisotopic (exact) mass is 418 g/mol. The molecule has 3 aromatic rings. The highest BCUT2D eigenvalue weighted by molar-refractivity contribution is 7.92. The number of hydrogen-bond acceptors (Lipinski definition) is 6. The van der Waals surface area contributed by atoms with Crippen LogP contribution in [0.3, 0.4) is 0 Å². The van der Waals surface area contributed by atoms with Crippen LogP contribution < -0.4 is 4.31 Å². The number of ether oxygens (including phenoxy) is 1.